The molecule has 3 rings (SSSR count). The third-order valence-corrected chi connectivity index (χ3v) is 9.73. The lowest BCUT2D eigenvalue weighted by molar-refractivity contribution is -0.130. The molecule has 0 aromatic heterocycles. The van der Waals surface area contributed by atoms with Crippen molar-refractivity contribution in [2.45, 2.75) is 109 Å². The molecule has 0 radical (unpaired) electrons. The van der Waals surface area contributed by atoms with Crippen molar-refractivity contribution in [3.8, 4) is 12.3 Å². The molecule has 50 heavy (non-hydrogen) atoms. The number of halogens is 2. The highest BCUT2D eigenvalue weighted by Crippen LogP contribution is 2.37. The van der Waals surface area contributed by atoms with E-state index in [1.54, 1.807) is 11.8 Å². The van der Waals surface area contributed by atoms with E-state index in [4.69, 9.17) is 36.2 Å². The summed E-state index contributed by atoms with van der Waals surface area (Å²) in [6.07, 6.45) is 9.05. The predicted octanol–water partition coefficient (Wildman–Crippen LogP) is 6.06. The van der Waals surface area contributed by atoms with Crippen LogP contribution >= 0.6 is 0 Å². The summed E-state index contributed by atoms with van der Waals surface area (Å²) in [7, 11) is 0. The van der Waals surface area contributed by atoms with Gasteiger partial charge < -0.3 is 29.2 Å². The molecule has 1 aromatic rings. The van der Waals surface area contributed by atoms with Crippen LogP contribution in [0.1, 0.15) is 90.2 Å². The molecule has 10 nitrogen and oxygen atoms in total. The van der Waals surface area contributed by atoms with Gasteiger partial charge in [0.2, 0.25) is 11.8 Å². The molecular formula is C38H59F2N5O5. The number of amidine groups is 2. The molecule has 1 heterocycles. The van der Waals surface area contributed by atoms with Gasteiger partial charge in [-0.2, -0.15) is 0 Å². The van der Waals surface area contributed by atoms with E-state index in [0.717, 1.165) is 31.4 Å². The standard InChI is InChI=1S/C38H59F2N5O5/c1-5-20-47-22-24-49-26-27-50-25-23-48-21-16-36(42)45(31(4)41)30(3)28-34-12-11-29(2)44(34)19-15-35(32-9-7-6-8-10-32)43-37(46)33-13-17-38(39,40)18-14-33/h1,6-10,29-30,33-35,41-42H,11-28H2,2-4H3,(H,43,46). The van der Waals surface area contributed by atoms with Gasteiger partial charge in [-0.25, -0.2) is 8.78 Å². The Balaban J connectivity index is 1.45. The molecule has 4 atom stereocenters. The summed E-state index contributed by atoms with van der Waals surface area (Å²) >= 11 is 0. The summed E-state index contributed by atoms with van der Waals surface area (Å²) < 4.78 is 49.3. The molecule has 3 N–H and O–H groups in total. The van der Waals surface area contributed by atoms with Crippen molar-refractivity contribution in [2.24, 2.45) is 5.92 Å². The highest BCUT2D eigenvalue weighted by atomic mass is 19.3. The average molecular weight is 704 g/mol. The second-order valence-corrected chi connectivity index (χ2v) is 13.5. The van der Waals surface area contributed by atoms with Crippen molar-refractivity contribution in [2.75, 3.05) is 59.4 Å². The molecular weight excluding hydrogens is 644 g/mol. The molecule has 1 aliphatic heterocycles. The third-order valence-electron chi connectivity index (χ3n) is 9.73. The summed E-state index contributed by atoms with van der Waals surface area (Å²) in [5.41, 5.74) is 1.01. The fraction of sp³-hybridized carbons (Fsp3) is 0.711. The van der Waals surface area contributed by atoms with Crippen LogP contribution in [-0.4, -0.2) is 111 Å². The van der Waals surface area contributed by atoms with Crippen molar-refractivity contribution < 1.29 is 32.5 Å². The predicted molar refractivity (Wildman–Crippen MR) is 192 cm³/mol. The lowest BCUT2D eigenvalue weighted by Gasteiger charge is -2.36. The van der Waals surface area contributed by atoms with E-state index in [9.17, 15) is 13.6 Å². The maximum absolute atomic E-state index is 13.7. The first-order chi connectivity index (χ1) is 24.0. The van der Waals surface area contributed by atoms with Crippen molar-refractivity contribution in [3.05, 3.63) is 35.9 Å². The number of alkyl halides is 2. The first-order valence-corrected chi connectivity index (χ1v) is 18.2. The van der Waals surface area contributed by atoms with Crippen LogP contribution in [0.4, 0.5) is 8.78 Å². The zero-order valence-corrected chi connectivity index (χ0v) is 30.3. The second kappa shape index (κ2) is 22.1. The minimum absolute atomic E-state index is 0.0489. The van der Waals surface area contributed by atoms with Crippen molar-refractivity contribution in [1.82, 2.24) is 15.1 Å². The topological polar surface area (TPSA) is 120 Å². The third kappa shape index (κ3) is 14.3. The Morgan fingerprint density at radius 2 is 1.60 bits per heavy atom. The molecule has 12 heteroatoms. The van der Waals surface area contributed by atoms with Crippen molar-refractivity contribution in [1.29, 1.82) is 10.8 Å². The van der Waals surface area contributed by atoms with E-state index in [1.165, 1.54) is 0 Å². The van der Waals surface area contributed by atoms with Gasteiger partial charge in [0.15, 0.2) is 0 Å². The largest absolute Gasteiger partial charge is 0.379 e. The SMILES string of the molecule is C#CCOCCOCCOCCOCCC(=N)N(C(C)=N)C(C)CC1CCC(C)N1CCC(NC(=O)C1CCC(F)(F)CC1)c1ccccc1. The van der Waals surface area contributed by atoms with Crippen LogP contribution in [0.5, 0.6) is 0 Å². The number of terminal acetylenes is 1. The van der Waals surface area contributed by atoms with Crippen molar-refractivity contribution in [3.63, 3.8) is 0 Å². The quantitative estimate of drug-likeness (QED) is 0.0582. The van der Waals surface area contributed by atoms with Gasteiger partial charge in [-0.3, -0.25) is 20.5 Å². The number of rotatable bonds is 22. The van der Waals surface area contributed by atoms with Crippen LogP contribution in [-0.2, 0) is 23.7 Å². The van der Waals surface area contributed by atoms with Gasteiger partial charge in [-0.15, -0.1) is 6.42 Å². The first kappa shape index (κ1) is 41.5. The smallest absolute Gasteiger partial charge is 0.248 e. The zero-order valence-electron chi connectivity index (χ0n) is 30.3. The molecule has 1 saturated carbocycles. The molecule has 1 saturated heterocycles. The number of nitrogens with zero attached hydrogens (tertiary/aromatic N) is 2. The monoisotopic (exact) mass is 703 g/mol. The number of ether oxygens (including phenoxy) is 4. The lowest BCUT2D eigenvalue weighted by Crippen LogP contribution is -2.46. The van der Waals surface area contributed by atoms with Gasteiger partial charge in [0.25, 0.3) is 0 Å². The average Bonchev–Trinajstić information content (AvgIpc) is 3.43. The van der Waals surface area contributed by atoms with Crippen LogP contribution in [0.3, 0.4) is 0 Å². The van der Waals surface area contributed by atoms with E-state index < -0.39 is 5.92 Å². The molecule has 0 bridgehead atoms. The number of amides is 1. The van der Waals surface area contributed by atoms with Gasteiger partial charge in [0.1, 0.15) is 12.4 Å². The molecule has 280 valence electrons. The summed E-state index contributed by atoms with van der Waals surface area (Å²) in [4.78, 5) is 17.5. The van der Waals surface area contributed by atoms with E-state index in [0.29, 0.717) is 76.8 Å². The maximum Gasteiger partial charge on any atom is 0.248 e. The van der Waals surface area contributed by atoms with E-state index in [1.807, 2.05) is 30.3 Å². The van der Waals surface area contributed by atoms with E-state index in [-0.39, 0.29) is 62.2 Å². The number of nitrogens with one attached hydrogen (secondary N) is 3. The number of hydrogen-bond acceptors (Lipinski definition) is 8. The van der Waals surface area contributed by atoms with Gasteiger partial charge in [-0.05, 0) is 64.9 Å². The number of benzene rings is 1. The van der Waals surface area contributed by atoms with Gasteiger partial charge in [0, 0.05) is 49.9 Å². The number of carbonyl (C=O) groups is 1. The highest BCUT2D eigenvalue weighted by Gasteiger charge is 2.38. The Kier molecular flexibility index (Phi) is 18.3. The number of likely N-dealkylation sites (tertiary alicyclic amines) is 1. The van der Waals surface area contributed by atoms with Crippen LogP contribution in [0, 0.1) is 29.1 Å². The normalized spacial score (nSPS) is 20.6. The molecule has 0 spiro atoms. The van der Waals surface area contributed by atoms with Crippen LogP contribution < -0.4 is 5.32 Å². The summed E-state index contributed by atoms with van der Waals surface area (Å²) in [5, 5.41) is 20.4. The van der Waals surface area contributed by atoms with Crippen LogP contribution in [0.2, 0.25) is 0 Å². The zero-order chi connectivity index (χ0) is 36.4. The minimum Gasteiger partial charge on any atom is -0.379 e. The fourth-order valence-electron chi connectivity index (χ4n) is 7.04. The van der Waals surface area contributed by atoms with Crippen LogP contribution in [0.15, 0.2) is 30.3 Å². The molecule has 2 fully saturated rings. The molecule has 1 aliphatic carbocycles. The van der Waals surface area contributed by atoms with Gasteiger partial charge in [-0.1, -0.05) is 36.3 Å². The van der Waals surface area contributed by atoms with Crippen LogP contribution in [0.25, 0.3) is 0 Å². The summed E-state index contributed by atoms with van der Waals surface area (Å²) in [6.45, 7) is 10.1. The maximum atomic E-state index is 13.7. The number of carbonyl (C=O) groups excluding carboxylic acids is 1. The van der Waals surface area contributed by atoms with Gasteiger partial charge in [0.05, 0.1) is 58.1 Å². The Bertz CT molecular complexity index is 1210. The fourth-order valence-corrected chi connectivity index (χ4v) is 7.04. The molecule has 4 unspecified atom stereocenters. The molecule has 2 aliphatic rings. The second-order valence-electron chi connectivity index (χ2n) is 13.5. The van der Waals surface area contributed by atoms with E-state index in [2.05, 4.69) is 30.0 Å². The van der Waals surface area contributed by atoms with Gasteiger partial charge >= 0.3 is 0 Å². The molecule has 1 amide bonds. The Hall–Kier alpha value is -2.95. The van der Waals surface area contributed by atoms with Crippen molar-refractivity contribution >= 4 is 17.6 Å². The first-order valence-electron chi connectivity index (χ1n) is 18.2. The Labute approximate surface area is 297 Å². The minimum atomic E-state index is -2.67. The Morgan fingerprint density at radius 3 is 2.20 bits per heavy atom. The summed E-state index contributed by atoms with van der Waals surface area (Å²) in [5.74, 6) is -0.0934. The Morgan fingerprint density at radius 1 is 1.00 bits per heavy atom. The number of hydrogen-bond donors (Lipinski definition) is 3. The van der Waals surface area contributed by atoms with E-state index >= 15 is 0 Å². The molecule has 1 aromatic carbocycles. The lowest BCUT2D eigenvalue weighted by atomic mass is 9.86. The summed E-state index contributed by atoms with van der Waals surface area (Å²) in [6, 6.07) is 10.3. The highest BCUT2D eigenvalue weighted by molar-refractivity contribution is 5.97.